The second kappa shape index (κ2) is 6.42. The number of hydrogen-bond acceptors (Lipinski definition) is 6. The second-order valence-electron chi connectivity index (χ2n) is 3.38. The van der Waals surface area contributed by atoms with Gasteiger partial charge in [-0.25, -0.2) is 0 Å². The molecule has 0 saturated heterocycles. The van der Waals surface area contributed by atoms with E-state index in [2.05, 4.69) is 17.1 Å². The molecule has 15 heavy (non-hydrogen) atoms. The molecule has 0 saturated carbocycles. The molecule has 1 heterocycles. The summed E-state index contributed by atoms with van der Waals surface area (Å²) >= 11 is 3.07. The lowest BCUT2D eigenvalue weighted by Gasteiger charge is -2.19. The van der Waals surface area contributed by atoms with Crippen LogP contribution in [0.3, 0.4) is 0 Å². The van der Waals surface area contributed by atoms with Crippen LogP contribution in [-0.2, 0) is 0 Å². The maximum Gasteiger partial charge on any atom is 0.174 e. The number of aliphatic hydroxyl groups excluding tert-OH is 1. The lowest BCUT2D eigenvalue weighted by molar-refractivity contribution is 0.279. The van der Waals surface area contributed by atoms with Crippen molar-refractivity contribution in [3.8, 4) is 0 Å². The van der Waals surface area contributed by atoms with E-state index >= 15 is 0 Å². The Bertz CT molecular complexity index is 293. The summed E-state index contributed by atoms with van der Waals surface area (Å²) in [5, 5.41) is 18.2. The largest absolute Gasteiger partial charge is 0.395 e. The minimum Gasteiger partial charge on any atom is -0.395 e. The van der Waals surface area contributed by atoms with Crippen LogP contribution in [0.4, 0.5) is 0 Å². The van der Waals surface area contributed by atoms with Crippen LogP contribution in [0.5, 0.6) is 0 Å². The molecule has 0 spiro atoms. The van der Waals surface area contributed by atoms with Crippen molar-refractivity contribution < 1.29 is 5.11 Å². The van der Waals surface area contributed by atoms with Crippen LogP contribution in [0.2, 0.25) is 0 Å². The number of aryl methyl sites for hydroxylation is 1. The van der Waals surface area contributed by atoms with Crippen LogP contribution < -0.4 is 5.73 Å². The highest BCUT2D eigenvalue weighted by molar-refractivity contribution is 8.01. The molecule has 0 radical (unpaired) electrons. The smallest absolute Gasteiger partial charge is 0.174 e. The molecule has 2 unspecified atom stereocenters. The first-order valence-corrected chi connectivity index (χ1v) is 6.70. The highest BCUT2D eigenvalue weighted by Gasteiger charge is 2.19. The zero-order chi connectivity index (χ0) is 11.3. The number of nitrogens with zero attached hydrogens (tertiary/aromatic N) is 2. The van der Waals surface area contributed by atoms with E-state index in [0.717, 1.165) is 22.2 Å². The third kappa shape index (κ3) is 4.06. The van der Waals surface area contributed by atoms with Gasteiger partial charge in [-0.1, -0.05) is 36.4 Å². The Hall–Kier alpha value is -0.170. The SMILES string of the molecule is CCCC(N)C(CO)Sc1nnc(C)s1. The van der Waals surface area contributed by atoms with Crippen molar-refractivity contribution in [2.75, 3.05) is 6.61 Å². The quantitative estimate of drug-likeness (QED) is 0.744. The van der Waals surface area contributed by atoms with Crippen molar-refractivity contribution in [3.05, 3.63) is 5.01 Å². The molecule has 1 aromatic rings. The Kier molecular flexibility index (Phi) is 5.52. The van der Waals surface area contributed by atoms with E-state index in [0.29, 0.717) is 0 Å². The van der Waals surface area contributed by atoms with Crippen molar-refractivity contribution >= 4 is 23.1 Å². The molecule has 0 aliphatic rings. The molecule has 6 heteroatoms. The number of aromatic nitrogens is 2. The molecule has 86 valence electrons. The topological polar surface area (TPSA) is 72.0 Å². The lowest BCUT2D eigenvalue weighted by atomic mass is 10.1. The molecule has 1 rings (SSSR count). The van der Waals surface area contributed by atoms with E-state index in [1.807, 2.05) is 6.92 Å². The minimum atomic E-state index is 0.0224. The first-order valence-electron chi connectivity index (χ1n) is 5.00. The number of aliphatic hydroxyl groups is 1. The number of rotatable bonds is 6. The predicted molar refractivity (Wildman–Crippen MR) is 64.3 cm³/mol. The summed E-state index contributed by atoms with van der Waals surface area (Å²) < 4.78 is 0.887. The fraction of sp³-hybridized carbons (Fsp3) is 0.778. The summed E-state index contributed by atoms with van der Waals surface area (Å²) in [5.74, 6) is 0. The molecule has 0 fully saturated rings. The summed E-state index contributed by atoms with van der Waals surface area (Å²) in [7, 11) is 0. The van der Waals surface area contributed by atoms with Gasteiger partial charge in [0, 0.05) is 6.04 Å². The fourth-order valence-electron chi connectivity index (χ4n) is 1.23. The zero-order valence-electron chi connectivity index (χ0n) is 9.01. The molecule has 0 aromatic carbocycles. The standard InChI is InChI=1S/C9H17N3OS2/c1-3-4-7(10)8(5-13)15-9-12-11-6(2)14-9/h7-8,13H,3-5,10H2,1-2H3. The average Bonchev–Trinajstić information content (AvgIpc) is 2.61. The molecule has 0 aliphatic heterocycles. The van der Waals surface area contributed by atoms with E-state index in [9.17, 15) is 5.11 Å². The first kappa shape index (κ1) is 12.9. The van der Waals surface area contributed by atoms with Crippen LogP contribution in [0.25, 0.3) is 0 Å². The minimum absolute atomic E-state index is 0.0224. The van der Waals surface area contributed by atoms with Gasteiger partial charge in [-0.3, -0.25) is 0 Å². The van der Waals surface area contributed by atoms with Gasteiger partial charge in [0.05, 0.1) is 11.9 Å². The Balaban J connectivity index is 2.53. The molecule has 3 N–H and O–H groups in total. The van der Waals surface area contributed by atoms with Gasteiger partial charge in [0.2, 0.25) is 0 Å². The number of hydrogen-bond donors (Lipinski definition) is 2. The summed E-state index contributed by atoms with van der Waals surface area (Å²) in [6.07, 6.45) is 1.96. The van der Waals surface area contributed by atoms with Crippen LogP contribution in [0.1, 0.15) is 24.8 Å². The van der Waals surface area contributed by atoms with Crippen molar-refractivity contribution in [2.45, 2.75) is 42.3 Å². The Morgan fingerprint density at radius 2 is 2.27 bits per heavy atom. The molecular formula is C9H17N3OS2. The predicted octanol–water partition coefficient (Wildman–Crippen LogP) is 1.43. The van der Waals surface area contributed by atoms with Crippen molar-refractivity contribution in [3.63, 3.8) is 0 Å². The van der Waals surface area contributed by atoms with Crippen molar-refractivity contribution in [1.82, 2.24) is 10.2 Å². The maximum atomic E-state index is 9.25. The zero-order valence-corrected chi connectivity index (χ0v) is 10.6. The average molecular weight is 247 g/mol. The molecule has 0 amide bonds. The molecule has 0 bridgehead atoms. The Labute approximate surface area is 98.3 Å². The Morgan fingerprint density at radius 1 is 1.53 bits per heavy atom. The highest BCUT2D eigenvalue weighted by Crippen LogP contribution is 2.28. The van der Waals surface area contributed by atoms with Gasteiger partial charge in [0.1, 0.15) is 5.01 Å². The van der Waals surface area contributed by atoms with Crippen LogP contribution in [0.15, 0.2) is 4.34 Å². The highest BCUT2D eigenvalue weighted by atomic mass is 32.2. The van der Waals surface area contributed by atoms with Gasteiger partial charge in [-0.05, 0) is 13.3 Å². The van der Waals surface area contributed by atoms with Crippen LogP contribution >= 0.6 is 23.1 Å². The van der Waals surface area contributed by atoms with E-state index in [1.54, 1.807) is 11.3 Å². The third-order valence-electron chi connectivity index (χ3n) is 2.04. The van der Waals surface area contributed by atoms with Gasteiger partial charge in [-0.15, -0.1) is 10.2 Å². The fourth-order valence-corrected chi connectivity index (χ4v) is 3.31. The van der Waals surface area contributed by atoms with Gasteiger partial charge in [-0.2, -0.15) is 0 Å². The van der Waals surface area contributed by atoms with Gasteiger partial charge in [0.15, 0.2) is 4.34 Å². The maximum absolute atomic E-state index is 9.25. The molecule has 2 atom stereocenters. The summed E-state index contributed by atoms with van der Waals surface area (Å²) in [5.41, 5.74) is 5.97. The van der Waals surface area contributed by atoms with E-state index in [4.69, 9.17) is 5.73 Å². The second-order valence-corrected chi connectivity index (χ2v) is 6.05. The van der Waals surface area contributed by atoms with Crippen molar-refractivity contribution in [1.29, 1.82) is 0 Å². The monoisotopic (exact) mass is 247 g/mol. The normalized spacial score (nSPS) is 15.2. The summed E-state index contributed by atoms with van der Waals surface area (Å²) in [6, 6.07) is 0.0224. The number of thioether (sulfide) groups is 1. The first-order chi connectivity index (χ1) is 7.17. The van der Waals surface area contributed by atoms with Crippen LogP contribution in [-0.4, -0.2) is 33.2 Å². The molecule has 1 aromatic heterocycles. The van der Waals surface area contributed by atoms with Gasteiger partial charge < -0.3 is 10.8 Å². The third-order valence-corrected chi connectivity index (χ3v) is 4.30. The van der Waals surface area contributed by atoms with Crippen molar-refractivity contribution in [2.24, 2.45) is 5.73 Å². The van der Waals surface area contributed by atoms with Gasteiger partial charge >= 0.3 is 0 Å². The summed E-state index contributed by atoms with van der Waals surface area (Å²) in [6.45, 7) is 4.10. The molecule has 0 aliphatic carbocycles. The number of nitrogens with two attached hydrogens (primary N) is 1. The van der Waals surface area contributed by atoms with Crippen LogP contribution in [0, 0.1) is 6.92 Å². The molecule has 4 nitrogen and oxygen atoms in total. The summed E-state index contributed by atoms with van der Waals surface area (Å²) in [4.78, 5) is 0. The Morgan fingerprint density at radius 3 is 2.73 bits per heavy atom. The molecular weight excluding hydrogens is 230 g/mol. The van der Waals surface area contributed by atoms with E-state index < -0.39 is 0 Å². The van der Waals surface area contributed by atoms with E-state index in [-0.39, 0.29) is 17.9 Å². The van der Waals surface area contributed by atoms with E-state index in [1.165, 1.54) is 11.8 Å². The lowest BCUT2D eigenvalue weighted by Crippen LogP contribution is -2.34. The van der Waals surface area contributed by atoms with Gasteiger partial charge in [0.25, 0.3) is 0 Å².